The topological polar surface area (TPSA) is 113 Å². The van der Waals surface area contributed by atoms with E-state index >= 15 is 0 Å². The maximum absolute atomic E-state index is 12.9. The monoisotopic (exact) mass is 425 g/mol. The number of hydrogen-bond donors (Lipinski definition) is 2. The van der Waals surface area contributed by atoms with Crippen LogP contribution in [-0.4, -0.2) is 59.8 Å². The molecule has 8 nitrogen and oxygen atoms in total. The maximum Gasteiger partial charge on any atom is 0.245 e. The molecule has 0 saturated carbocycles. The van der Waals surface area contributed by atoms with E-state index in [0.29, 0.717) is 13.0 Å². The highest BCUT2D eigenvalue weighted by molar-refractivity contribution is 7.93. The molecule has 0 radical (unpaired) electrons. The van der Waals surface area contributed by atoms with Crippen molar-refractivity contribution in [1.29, 1.82) is 0 Å². The van der Waals surface area contributed by atoms with Gasteiger partial charge in [0.2, 0.25) is 17.7 Å². The molecule has 0 aliphatic carbocycles. The van der Waals surface area contributed by atoms with Crippen LogP contribution in [0.15, 0.2) is 24.3 Å². The lowest BCUT2D eigenvalue weighted by Crippen LogP contribution is -2.61. The SMILES string of the molecule is CC(NC(=O)C1N2C(=O)CC2S(=O)(=O)C1(C)C)C(=O)NCCc1ccc(F)cc1. The Labute approximate surface area is 168 Å². The number of rotatable bonds is 6. The van der Waals surface area contributed by atoms with Gasteiger partial charge in [-0.15, -0.1) is 0 Å². The zero-order chi connectivity index (χ0) is 21.6. The third kappa shape index (κ3) is 3.61. The third-order valence-electron chi connectivity index (χ3n) is 5.60. The van der Waals surface area contributed by atoms with Crippen molar-refractivity contribution >= 4 is 27.6 Å². The first kappa shape index (κ1) is 21.2. The molecule has 3 atom stereocenters. The minimum absolute atomic E-state index is 0.116. The molecule has 2 aliphatic rings. The molecule has 10 heteroatoms. The predicted octanol–water partition coefficient (Wildman–Crippen LogP) is 0.123. The fourth-order valence-electron chi connectivity index (χ4n) is 3.75. The molecule has 0 spiro atoms. The summed E-state index contributed by atoms with van der Waals surface area (Å²) in [5.41, 5.74) is 0.851. The van der Waals surface area contributed by atoms with Crippen molar-refractivity contribution in [2.24, 2.45) is 0 Å². The molecule has 2 saturated heterocycles. The summed E-state index contributed by atoms with van der Waals surface area (Å²) in [5.74, 6) is -1.84. The van der Waals surface area contributed by atoms with E-state index in [1.165, 1.54) is 32.9 Å². The van der Waals surface area contributed by atoms with Crippen molar-refractivity contribution in [2.45, 2.75) is 55.8 Å². The van der Waals surface area contributed by atoms with Crippen LogP contribution in [0, 0.1) is 5.82 Å². The quantitative estimate of drug-likeness (QED) is 0.629. The van der Waals surface area contributed by atoms with E-state index in [0.717, 1.165) is 10.5 Å². The second-order valence-electron chi connectivity index (χ2n) is 7.91. The Bertz CT molecular complexity index is 945. The number of benzene rings is 1. The Balaban J connectivity index is 1.57. The second kappa shape index (κ2) is 7.40. The predicted molar refractivity (Wildman–Crippen MR) is 103 cm³/mol. The number of nitrogens with zero attached hydrogens (tertiary/aromatic N) is 1. The van der Waals surface area contributed by atoms with Gasteiger partial charge < -0.3 is 15.5 Å². The summed E-state index contributed by atoms with van der Waals surface area (Å²) in [6.07, 6.45) is 0.375. The third-order valence-corrected chi connectivity index (χ3v) is 8.40. The van der Waals surface area contributed by atoms with Gasteiger partial charge in [0, 0.05) is 6.54 Å². The minimum Gasteiger partial charge on any atom is -0.354 e. The van der Waals surface area contributed by atoms with Gasteiger partial charge >= 0.3 is 0 Å². The van der Waals surface area contributed by atoms with Gasteiger partial charge in [-0.3, -0.25) is 14.4 Å². The van der Waals surface area contributed by atoms with E-state index in [2.05, 4.69) is 10.6 Å². The van der Waals surface area contributed by atoms with Crippen LogP contribution in [0.3, 0.4) is 0 Å². The Hall–Kier alpha value is -2.49. The van der Waals surface area contributed by atoms with Crippen molar-refractivity contribution in [3.05, 3.63) is 35.6 Å². The van der Waals surface area contributed by atoms with Crippen molar-refractivity contribution in [3.8, 4) is 0 Å². The molecule has 2 heterocycles. The van der Waals surface area contributed by atoms with Crippen molar-refractivity contribution in [2.75, 3.05) is 6.54 Å². The molecule has 1 aromatic rings. The van der Waals surface area contributed by atoms with E-state index < -0.39 is 43.9 Å². The fraction of sp³-hybridized carbons (Fsp3) is 0.526. The number of sulfone groups is 1. The number of halogens is 1. The molecule has 158 valence electrons. The number of fused-ring (bicyclic) bond motifs is 1. The van der Waals surface area contributed by atoms with Crippen LogP contribution in [0.5, 0.6) is 0 Å². The van der Waals surface area contributed by atoms with E-state index in [4.69, 9.17) is 0 Å². The fourth-order valence-corrected chi connectivity index (χ4v) is 5.88. The molecule has 2 aliphatic heterocycles. The van der Waals surface area contributed by atoms with Crippen LogP contribution >= 0.6 is 0 Å². The summed E-state index contributed by atoms with van der Waals surface area (Å²) >= 11 is 0. The lowest BCUT2D eigenvalue weighted by Gasteiger charge is -2.37. The summed E-state index contributed by atoms with van der Waals surface area (Å²) in [6.45, 7) is 4.62. The largest absolute Gasteiger partial charge is 0.354 e. The first-order valence-electron chi connectivity index (χ1n) is 9.34. The number of amides is 3. The Morgan fingerprint density at radius 3 is 2.48 bits per heavy atom. The summed E-state index contributed by atoms with van der Waals surface area (Å²) in [5, 5.41) is 4.22. The number of carbonyl (C=O) groups is 3. The number of hydrogen-bond acceptors (Lipinski definition) is 5. The van der Waals surface area contributed by atoms with Crippen LogP contribution in [0.25, 0.3) is 0 Å². The number of β-lactam (4-membered cyclic amide) rings is 1. The van der Waals surface area contributed by atoms with Crippen molar-refractivity contribution in [3.63, 3.8) is 0 Å². The lowest BCUT2D eigenvalue weighted by atomic mass is 9.97. The highest BCUT2D eigenvalue weighted by Gasteiger charge is 2.67. The molecule has 29 heavy (non-hydrogen) atoms. The Morgan fingerprint density at radius 1 is 1.28 bits per heavy atom. The number of carbonyl (C=O) groups excluding carboxylic acids is 3. The van der Waals surface area contributed by atoms with Gasteiger partial charge in [-0.05, 0) is 44.9 Å². The normalized spacial score (nSPS) is 25.0. The van der Waals surface area contributed by atoms with Gasteiger partial charge in [0.1, 0.15) is 23.3 Å². The standard InChI is InChI=1S/C19H24FN3O5S/c1-11(17(25)21-9-8-12-4-6-13(20)7-5-12)22-18(26)16-19(2,3)29(27,28)15-10-14(24)23(15)16/h4-7,11,15-16H,8-10H2,1-3H3,(H,21,25)(H,22,26). The lowest BCUT2D eigenvalue weighted by molar-refractivity contribution is -0.150. The smallest absolute Gasteiger partial charge is 0.245 e. The van der Waals surface area contributed by atoms with E-state index in [1.54, 1.807) is 12.1 Å². The first-order chi connectivity index (χ1) is 13.5. The van der Waals surface area contributed by atoms with Crippen LogP contribution < -0.4 is 10.6 Å². The van der Waals surface area contributed by atoms with Crippen molar-refractivity contribution in [1.82, 2.24) is 15.5 Å². The molecule has 3 amide bonds. The highest BCUT2D eigenvalue weighted by atomic mass is 32.2. The summed E-state index contributed by atoms with van der Waals surface area (Å²) in [6, 6.07) is 3.83. The van der Waals surface area contributed by atoms with Crippen LogP contribution in [0.1, 0.15) is 32.8 Å². The van der Waals surface area contributed by atoms with E-state index in [-0.39, 0.29) is 18.1 Å². The van der Waals surface area contributed by atoms with Gasteiger partial charge in [-0.2, -0.15) is 0 Å². The zero-order valence-electron chi connectivity index (χ0n) is 16.4. The molecule has 2 fully saturated rings. The summed E-state index contributed by atoms with van der Waals surface area (Å²) < 4.78 is 36.6. The molecule has 3 rings (SSSR count). The summed E-state index contributed by atoms with van der Waals surface area (Å²) in [7, 11) is -3.68. The zero-order valence-corrected chi connectivity index (χ0v) is 17.3. The molecule has 2 N–H and O–H groups in total. The van der Waals surface area contributed by atoms with Gasteiger partial charge in [-0.1, -0.05) is 12.1 Å². The maximum atomic E-state index is 12.9. The van der Waals surface area contributed by atoms with E-state index in [1.807, 2.05) is 0 Å². The molecule has 1 aromatic carbocycles. The first-order valence-corrected chi connectivity index (χ1v) is 10.9. The van der Waals surface area contributed by atoms with Crippen molar-refractivity contribution < 1.29 is 27.2 Å². The minimum atomic E-state index is -3.68. The molecule has 3 unspecified atom stereocenters. The molecular weight excluding hydrogens is 401 g/mol. The molecule has 0 aromatic heterocycles. The Morgan fingerprint density at radius 2 is 1.90 bits per heavy atom. The van der Waals surface area contributed by atoms with Gasteiger partial charge in [0.25, 0.3) is 0 Å². The molecular formula is C19H24FN3O5S. The highest BCUT2D eigenvalue weighted by Crippen LogP contribution is 2.45. The van der Waals surface area contributed by atoms with Gasteiger partial charge in [0.05, 0.1) is 11.2 Å². The summed E-state index contributed by atoms with van der Waals surface area (Å²) in [4.78, 5) is 38.0. The average molecular weight is 425 g/mol. The van der Waals surface area contributed by atoms with E-state index in [9.17, 15) is 27.2 Å². The van der Waals surface area contributed by atoms with Crippen LogP contribution in [-0.2, 0) is 30.6 Å². The molecule has 0 bridgehead atoms. The van der Waals surface area contributed by atoms with Crippen LogP contribution in [0.4, 0.5) is 4.39 Å². The van der Waals surface area contributed by atoms with Gasteiger partial charge in [-0.25, -0.2) is 12.8 Å². The van der Waals surface area contributed by atoms with Gasteiger partial charge in [0.15, 0.2) is 9.84 Å². The Kier molecular flexibility index (Phi) is 5.42. The van der Waals surface area contributed by atoms with Crippen LogP contribution in [0.2, 0.25) is 0 Å². The average Bonchev–Trinajstić information content (AvgIpc) is 2.76. The second-order valence-corrected chi connectivity index (χ2v) is 10.6. The number of nitrogens with one attached hydrogen (secondary N) is 2.